The summed E-state index contributed by atoms with van der Waals surface area (Å²) in [6.07, 6.45) is 4.50. The molecule has 1 fully saturated rings. The van der Waals surface area contributed by atoms with Crippen molar-refractivity contribution in [3.8, 4) is 0 Å². The molecule has 1 unspecified atom stereocenters. The van der Waals surface area contributed by atoms with Gasteiger partial charge in [-0.05, 0) is 25.2 Å². The third-order valence-electron chi connectivity index (χ3n) is 3.02. The molecule has 2 rings (SSSR count). The molecule has 1 aromatic heterocycles. The molecule has 1 saturated carbocycles. The van der Waals surface area contributed by atoms with Crippen LogP contribution in [-0.2, 0) is 0 Å². The van der Waals surface area contributed by atoms with Gasteiger partial charge in [0, 0.05) is 17.8 Å². The van der Waals surface area contributed by atoms with Gasteiger partial charge in [-0.1, -0.05) is 26.0 Å². The van der Waals surface area contributed by atoms with E-state index in [9.17, 15) is 0 Å². The summed E-state index contributed by atoms with van der Waals surface area (Å²) < 4.78 is 1.86. The fraction of sp³-hybridized carbons (Fsp3) is 0.750. The molecule has 1 heterocycles. The highest BCUT2D eigenvalue weighted by atomic mass is 15.4. The molecular formula is C12H20N4. The minimum Gasteiger partial charge on any atom is -0.308 e. The first-order chi connectivity index (χ1) is 7.39. The molecule has 16 heavy (non-hydrogen) atoms. The van der Waals surface area contributed by atoms with E-state index in [0.29, 0.717) is 11.6 Å². The topological polar surface area (TPSA) is 54.6 Å². The first-order valence-electron chi connectivity index (χ1n) is 5.86. The van der Waals surface area contributed by atoms with Crippen LogP contribution in [0.5, 0.6) is 0 Å². The van der Waals surface area contributed by atoms with Gasteiger partial charge < -0.3 is 5.41 Å². The van der Waals surface area contributed by atoms with Crippen molar-refractivity contribution in [3.05, 3.63) is 11.9 Å². The summed E-state index contributed by atoms with van der Waals surface area (Å²) in [5.74, 6) is 0.625. The van der Waals surface area contributed by atoms with Gasteiger partial charge in [0.25, 0.3) is 0 Å². The first-order valence-corrected chi connectivity index (χ1v) is 5.86. The van der Waals surface area contributed by atoms with Gasteiger partial charge in [0.1, 0.15) is 0 Å². The fourth-order valence-electron chi connectivity index (χ4n) is 2.23. The molecule has 1 N–H and O–H groups in total. The van der Waals surface area contributed by atoms with Crippen molar-refractivity contribution in [3.63, 3.8) is 0 Å². The molecule has 1 atom stereocenters. The van der Waals surface area contributed by atoms with Gasteiger partial charge in [-0.25, -0.2) is 4.68 Å². The van der Waals surface area contributed by atoms with Crippen LogP contribution < -0.4 is 0 Å². The zero-order valence-electron chi connectivity index (χ0n) is 10.5. The smallest absolute Gasteiger partial charge is 0.0955 e. The highest BCUT2D eigenvalue weighted by Crippen LogP contribution is 2.39. The Morgan fingerprint density at radius 2 is 2.12 bits per heavy atom. The van der Waals surface area contributed by atoms with E-state index in [4.69, 9.17) is 5.41 Å². The molecular weight excluding hydrogens is 200 g/mol. The van der Waals surface area contributed by atoms with Crippen molar-refractivity contribution in [2.24, 2.45) is 5.41 Å². The third kappa shape index (κ3) is 2.15. The summed E-state index contributed by atoms with van der Waals surface area (Å²) in [7, 11) is 0. The van der Waals surface area contributed by atoms with E-state index in [-0.39, 0.29) is 11.5 Å². The SMILES string of the molecule is CC(=N)C(n1cc(C2CC2)nn1)C(C)(C)C. The van der Waals surface area contributed by atoms with Crippen LogP contribution in [0, 0.1) is 10.8 Å². The average Bonchev–Trinajstić information content (AvgIpc) is 2.85. The Balaban J connectivity index is 2.27. The molecule has 0 saturated heterocycles. The second kappa shape index (κ2) is 3.68. The molecule has 0 amide bonds. The Morgan fingerprint density at radius 1 is 1.50 bits per heavy atom. The van der Waals surface area contributed by atoms with E-state index in [1.807, 2.05) is 17.8 Å². The van der Waals surface area contributed by atoms with Crippen LogP contribution in [0.3, 0.4) is 0 Å². The van der Waals surface area contributed by atoms with Gasteiger partial charge in [-0.15, -0.1) is 5.10 Å². The molecule has 1 aliphatic rings. The normalized spacial score (nSPS) is 18.5. The lowest BCUT2D eigenvalue weighted by molar-refractivity contribution is 0.287. The lowest BCUT2D eigenvalue weighted by atomic mass is 9.84. The van der Waals surface area contributed by atoms with Gasteiger partial charge in [0.2, 0.25) is 0 Å². The summed E-state index contributed by atoms with van der Waals surface area (Å²) in [4.78, 5) is 0. The van der Waals surface area contributed by atoms with Crippen LogP contribution in [0.1, 0.15) is 58.2 Å². The predicted octanol–water partition coefficient (Wildman–Crippen LogP) is 2.78. The molecule has 1 aromatic rings. The Labute approximate surface area is 96.6 Å². The summed E-state index contributed by atoms with van der Waals surface area (Å²) in [5.41, 5.74) is 1.73. The van der Waals surface area contributed by atoms with Crippen molar-refractivity contribution in [2.45, 2.75) is 52.5 Å². The molecule has 0 spiro atoms. The monoisotopic (exact) mass is 220 g/mol. The number of aromatic nitrogens is 3. The van der Waals surface area contributed by atoms with E-state index in [2.05, 4.69) is 31.1 Å². The zero-order chi connectivity index (χ0) is 11.9. The summed E-state index contributed by atoms with van der Waals surface area (Å²) in [6, 6.07) is 0.00694. The quantitative estimate of drug-likeness (QED) is 0.796. The second-order valence-corrected chi connectivity index (χ2v) is 5.85. The molecule has 4 heteroatoms. The van der Waals surface area contributed by atoms with Crippen LogP contribution in [0.2, 0.25) is 0 Å². The molecule has 0 radical (unpaired) electrons. The van der Waals surface area contributed by atoms with Gasteiger partial charge in [-0.3, -0.25) is 0 Å². The van der Waals surface area contributed by atoms with Crippen molar-refractivity contribution >= 4 is 5.71 Å². The second-order valence-electron chi connectivity index (χ2n) is 5.85. The lowest BCUT2D eigenvalue weighted by Gasteiger charge is -2.29. The van der Waals surface area contributed by atoms with Crippen LogP contribution in [-0.4, -0.2) is 20.7 Å². The van der Waals surface area contributed by atoms with Crippen molar-refractivity contribution in [1.82, 2.24) is 15.0 Å². The van der Waals surface area contributed by atoms with Gasteiger partial charge in [0.05, 0.1) is 11.7 Å². The predicted molar refractivity (Wildman–Crippen MR) is 63.9 cm³/mol. The standard InChI is InChI=1S/C12H20N4/c1-8(13)11(12(2,3)4)16-7-10(14-15-16)9-5-6-9/h7,9,11,13H,5-6H2,1-4H3. The minimum absolute atomic E-state index is 0.000351. The van der Waals surface area contributed by atoms with E-state index in [1.165, 1.54) is 12.8 Å². The number of hydrogen-bond donors (Lipinski definition) is 1. The zero-order valence-corrected chi connectivity index (χ0v) is 10.5. The van der Waals surface area contributed by atoms with E-state index >= 15 is 0 Å². The largest absolute Gasteiger partial charge is 0.308 e. The van der Waals surface area contributed by atoms with Gasteiger partial charge in [-0.2, -0.15) is 0 Å². The first kappa shape index (κ1) is 11.3. The van der Waals surface area contributed by atoms with E-state index in [1.54, 1.807) is 0 Å². The maximum atomic E-state index is 7.89. The number of hydrogen-bond acceptors (Lipinski definition) is 3. The molecule has 0 aromatic carbocycles. The molecule has 0 bridgehead atoms. The fourth-order valence-corrected chi connectivity index (χ4v) is 2.23. The molecule has 1 aliphatic carbocycles. The van der Waals surface area contributed by atoms with E-state index < -0.39 is 0 Å². The molecule has 0 aliphatic heterocycles. The number of nitrogens with zero attached hydrogens (tertiary/aromatic N) is 3. The summed E-state index contributed by atoms with van der Waals surface area (Å²) in [5, 5.41) is 16.3. The minimum atomic E-state index is 0.000351. The molecule has 88 valence electrons. The van der Waals surface area contributed by atoms with Crippen LogP contribution in [0.15, 0.2) is 6.20 Å². The van der Waals surface area contributed by atoms with Gasteiger partial charge in [0.15, 0.2) is 0 Å². The van der Waals surface area contributed by atoms with E-state index in [0.717, 1.165) is 5.69 Å². The van der Waals surface area contributed by atoms with Crippen LogP contribution >= 0.6 is 0 Å². The third-order valence-corrected chi connectivity index (χ3v) is 3.02. The maximum absolute atomic E-state index is 7.89. The Morgan fingerprint density at radius 3 is 2.56 bits per heavy atom. The lowest BCUT2D eigenvalue weighted by Crippen LogP contribution is -2.30. The van der Waals surface area contributed by atoms with Crippen LogP contribution in [0.25, 0.3) is 0 Å². The number of rotatable bonds is 3. The summed E-state index contributed by atoms with van der Waals surface area (Å²) in [6.45, 7) is 8.24. The Kier molecular flexibility index (Phi) is 2.60. The maximum Gasteiger partial charge on any atom is 0.0955 e. The highest BCUT2D eigenvalue weighted by Gasteiger charge is 2.32. The van der Waals surface area contributed by atoms with Gasteiger partial charge >= 0.3 is 0 Å². The Bertz CT molecular complexity index is 395. The van der Waals surface area contributed by atoms with Crippen molar-refractivity contribution < 1.29 is 0 Å². The van der Waals surface area contributed by atoms with Crippen molar-refractivity contribution in [1.29, 1.82) is 5.41 Å². The molecule has 4 nitrogen and oxygen atoms in total. The highest BCUT2D eigenvalue weighted by molar-refractivity contribution is 5.83. The van der Waals surface area contributed by atoms with Crippen LogP contribution in [0.4, 0.5) is 0 Å². The Hall–Kier alpha value is -1.19. The van der Waals surface area contributed by atoms with Crippen molar-refractivity contribution in [2.75, 3.05) is 0 Å². The summed E-state index contributed by atoms with van der Waals surface area (Å²) >= 11 is 0. The number of nitrogens with one attached hydrogen (secondary N) is 1. The average molecular weight is 220 g/mol.